The van der Waals surface area contributed by atoms with E-state index in [0.717, 1.165) is 50.4 Å². The first-order valence-electron chi connectivity index (χ1n) is 8.77. The summed E-state index contributed by atoms with van der Waals surface area (Å²) in [6, 6.07) is 10.1. The van der Waals surface area contributed by atoms with E-state index in [4.69, 9.17) is 4.74 Å². The average Bonchev–Trinajstić information content (AvgIpc) is 3.20. The van der Waals surface area contributed by atoms with Crippen LogP contribution in [0.5, 0.6) is 5.75 Å². The molecule has 3 aromatic rings. The van der Waals surface area contributed by atoms with Crippen molar-refractivity contribution in [3.8, 4) is 5.75 Å². The molecule has 5 nitrogen and oxygen atoms in total. The van der Waals surface area contributed by atoms with Crippen LogP contribution in [-0.2, 0) is 0 Å². The molecule has 1 atom stereocenters. The molecule has 0 spiro atoms. The van der Waals surface area contributed by atoms with Crippen LogP contribution in [0.3, 0.4) is 0 Å². The Labute approximate surface area is 160 Å². The molecule has 4 rings (SSSR count). The zero-order valence-electron chi connectivity index (χ0n) is 14.8. The molecule has 0 unspecified atom stereocenters. The van der Waals surface area contributed by atoms with Gasteiger partial charge >= 0.3 is 0 Å². The number of anilines is 2. The maximum atomic E-state index is 12.8. The zero-order chi connectivity index (χ0) is 18.1. The van der Waals surface area contributed by atoms with Crippen molar-refractivity contribution in [3.05, 3.63) is 35.2 Å². The Kier molecular flexibility index (Phi) is 4.82. The number of thiophene rings is 1. The summed E-state index contributed by atoms with van der Waals surface area (Å²) in [6.07, 6.45) is 3.40. The summed E-state index contributed by atoms with van der Waals surface area (Å²) < 4.78 is 6.41. The van der Waals surface area contributed by atoms with Crippen LogP contribution in [0.15, 0.2) is 30.3 Å². The van der Waals surface area contributed by atoms with Crippen LogP contribution in [0.25, 0.3) is 9.53 Å². The van der Waals surface area contributed by atoms with E-state index in [9.17, 15) is 4.79 Å². The van der Waals surface area contributed by atoms with Gasteiger partial charge in [0.2, 0.25) is 0 Å². The molecule has 1 aromatic carbocycles. The van der Waals surface area contributed by atoms with E-state index < -0.39 is 0 Å². The Morgan fingerprint density at radius 1 is 1.31 bits per heavy atom. The second-order valence-corrected chi connectivity index (χ2v) is 8.53. The third-order valence-electron chi connectivity index (χ3n) is 4.71. The van der Waals surface area contributed by atoms with Gasteiger partial charge in [-0.2, -0.15) is 0 Å². The highest BCUT2D eigenvalue weighted by Gasteiger charge is 2.26. The second-order valence-electron chi connectivity index (χ2n) is 6.47. The Bertz CT molecular complexity index is 902. The lowest BCUT2D eigenvalue weighted by atomic mass is 10.0. The lowest BCUT2D eigenvalue weighted by molar-refractivity contribution is 0.0641. The van der Waals surface area contributed by atoms with Crippen LogP contribution in [0.2, 0.25) is 0 Å². The van der Waals surface area contributed by atoms with Crippen LogP contribution in [0.1, 0.15) is 35.9 Å². The molecule has 0 saturated carbocycles. The minimum absolute atomic E-state index is 0.145. The van der Waals surface area contributed by atoms with E-state index in [1.54, 1.807) is 18.4 Å². The van der Waals surface area contributed by atoms with Gasteiger partial charge in [-0.25, -0.2) is 4.98 Å². The van der Waals surface area contributed by atoms with E-state index >= 15 is 0 Å². The molecule has 0 radical (unpaired) electrons. The van der Waals surface area contributed by atoms with Gasteiger partial charge in [-0.1, -0.05) is 23.5 Å². The van der Waals surface area contributed by atoms with E-state index in [0.29, 0.717) is 6.04 Å². The molecule has 1 aliphatic heterocycles. The van der Waals surface area contributed by atoms with Crippen molar-refractivity contribution < 1.29 is 9.53 Å². The molecular formula is C19H21N3O2S2. The van der Waals surface area contributed by atoms with Crippen molar-refractivity contribution in [3.63, 3.8) is 0 Å². The molecule has 0 aliphatic carbocycles. The molecule has 1 aliphatic rings. The SMILES string of the molecule is COc1ccccc1Nc1nc2sc(C(=O)N3CCCC[C@@H]3C)cc2s1. The van der Waals surface area contributed by atoms with Gasteiger partial charge in [0.25, 0.3) is 5.91 Å². The normalized spacial score (nSPS) is 17.5. The number of amides is 1. The molecule has 1 N–H and O–H groups in total. The maximum absolute atomic E-state index is 12.8. The van der Waals surface area contributed by atoms with E-state index in [1.807, 2.05) is 35.2 Å². The summed E-state index contributed by atoms with van der Waals surface area (Å²) in [5.41, 5.74) is 0.884. The first kappa shape index (κ1) is 17.3. The van der Waals surface area contributed by atoms with E-state index in [2.05, 4.69) is 17.2 Å². The Hall–Kier alpha value is -2.12. The van der Waals surface area contributed by atoms with Gasteiger partial charge < -0.3 is 15.0 Å². The number of aromatic nitrogens is 1. The highest BCUT2D eigenvalue weighted by atomic mass is 32.1. The minimum Gasteiger partial charge on any atom is -0.495 e. The first-order chi connectivity index (χ1) is 12.7. The van der Waals surface area contributed by atoms with Crippen LogP contribution >= 0.6 is 22.7 Å². The molecule has 1 saturated heterocycles. The lowest BCUT2D eigenvalue weighted by Gasteiger charge is -2.33. The van der Waals surface area contributed by atoms with Crippen LogP contribution in [0.4, 0.5) is 10.8 Å². The second kappa shape index (κ2) is 7.25. The molecule has 1 amide bonds. The molecule has 136 valence electrons. The molecule has 1 fully saturated rings. The number of thiazole rings is 1. The molecule has 0 bridgehead atoms. The number of carbonyl (C=O) groups excluding carboxylic acids is 1. The average molecular weight is 388 g/mol. The summed E-state index contributed by atoms with van der Waals surface area (Å²) in [5.74, 6) is 0.924. The topological polar surface area (TPSA) is 54.5 Å². The Morgan fingerprint density at radius 3 is 2.92 bits per heavy atom. The predicted molar refractivity (Wildman–Crippen MR) is 108 cm³/mol. The number of rotatable bonds is 4. The fraction of sp³-hybridized carbons (Fsp3) is 0.368. The Morgan fingerprint density at radius 2 is 2.15 bits per heavy atom. The lowest BCUT2D eigenvalue weighted by Crippen LogP contribution is -2.41. The summed E-state index contributed by atoms with van der Waals surface area (Å²) in [7, 11) is 1.65. The number of nitrogens with one attached hydrogen (secondary N) is 1. The molecule has 3 heterocycles. The summed E-state index contributed by atoms with van der Waals surface area (Å²) in [5, 5.41) is 4.12. The van der Waals surface area contributed by atoms with Gasteiger partial charge in [-0.3, -0.25) is 4.79 Å². The fourth-order valence-corrected chi connectivity index (χ4v) is 5.38. The van der Waals surface area contributed by atoms with Crippen LogP contribution in [0, 0.1) is 0 Å². The summed E-state index contributed by atoms with van der Waals surface area (Å²) in [4.78, 5) is 21.2. The molecule has 7 heteroatoms. The zero-order valence-corrected chi connectivity index (χ0v) is 16.5. The quantitative estimate of drug-likeness (QED) is 0.675. The van der Waals surface area contributed by atoms with Crippen LogP contribution in [-0.4, -0.2) is 35.5 Å². The minimum atomic E-state index is 0.145. The van der Waals surface area contributed by atoms with Gasteiger partial charge in [0.05, 0.1) is 22.4 Å². The third-order valence-corrected chi connectivity index (χ3v) is 6.78. The number of ether oxygens (including phenoxy) is 1. The number of likely N-dealkylation sites (tertiary alicyclic amines) is 1. The van der Waals surface area contributed by atoms with Gasteiger partial charge in [0, 0.05) is 12.6 Å². The molecule has 26 heavy (non-hydrogen) atoms. The van der Waals surface area contributed by atoms with Crippen molar-refractivity contribution in [2.45, 2.75) is 32.2 Å². The number of nitrogens with zero attached hydrogens (tertiary/aromatic N) is 2. The van der Waals surface area contributed by atoms with Crippen molar-refractivity contribution in [2.75, 3.05) is 19.0 Å². The Balaban J connectivity index is 1.55. The van der Waals surface area contributed by atoms with Crippen molar-refractivity contribution in [1.29, 1.82) is 0 Å². The van der Waals surface area contributed by atoms with Gasteiger partial charge in [-0.15, -0.1) is 11.3 Å². The summed E-state index contributed by atoms with van der Waals surface area (Å²) >= 11 is 3.04. The highest BCUT2D eigenvalue weighted by molar-refractivity contribution is 7.29. The van der Waals surface area contributed by atoms with E-state index in [1.165, 1.54) is 17.8 Å². The molecular weight excluding hydrogens is 366 g/mol. The van der Waals surface area contributed by atoms with Crippen LogP contribution < -0.4 is 10.1 Å². The number of fused-ring (bicyclic) bond motifs is 1. The number of piperidine rings is 1. The first-order valence-corrected chi connectivity index (χ1v) is 10.4. The number of benzene rings is 1. The van der Waals surface area contributed by atoms with Gasteiger partial charge in [0.1, 0.15) is 10.6 Å². The number of methoxy groups -OCH3 is 1. The van der Waals surface area contributed by atoms with Crippen molar-refractivity contribution in [2.24, 2.45) is 0 Å². The third kappa shape index (κ3) is 3.29. The monoisotopic (exact) mass is 387 g/mol. The highest BCUT2D eigenvalue weighted by Crippen LogP contribution is 2.36. The van der Waals surface area contributed by atoms with Gasteiger partial charge in [0.15, 0.2) is 5.13 Å². The standard InChI is InChI=1S/C19H21N3O2S2/c1-12-7-5-6-10-22(12)18(23)16-11-15-17(25-16)21-19(26-15)20-13-8-3-4-9-14(13)24-2/h3-4,8-9,11-12H,5-7,10H2,1-2H3,(H,20,21)/t12-/m0/s1. The largest absolute Gasteiger partial charge is 0.495 e. The smallest absolute Gasteiger partial charge is 0.264 e. The van der Waals surface area contributed by atoms with Crippen molar-refractivity contribution >= 4 is 48.9 Å². The number of para-hydroxylation sites is 2. The summed E-state index contributed by atoms with van der Waals surface area (Å²) in [6.45, 7) is 3.00. The van der Waals surface area contributed by atoms with E-state index in [-0.39, 0.29) is 5.91 Å². The predicted octanol–water partition coefficient (Wildman–Crippen LogP) is 5.12. The molecule has 2 aromatic heterocycles. The maximum Gasteiger partial charge on any atom is 0.264 e. The van der Waals surface area contributed by atoms with Gasteiger partial charge in [-0.05, 0) is 44.4 Å². The number of hydrogen-bond donors (Lipinski definition) is 1. The number of hydrogen-bond acceptors (Lipinski definition) is 6. The fourth-order valence-electron chi connectivity index (χ4n) is 3.30. The van der Waals surface area contributed by atoms with Crippen molar-refractivity contribution in [1.82, 2.24) is 9.88 Å². The number of carbonyl (C=O) groups is 1.